The molecule has 0 amide bonds. The predicted molar refractivity (Wildman–Crippen MR) is 63.5 cm³/mol. The molecule has 0 aromatic heterocycles. The number of carbonyl (C=O) groups excluding carboxylic acids is 2. The van der Waals surface area contributed by atoms with Crippen LogP contribution in [-0.2, 0) is 23.2 Å². The number of rotatable bonds is 5. The first-order valence-corrected chi connectivity index (χ1v) is 8.24. The van der Waals surface area contributed by atoms with Crippen molar-refractivity contribution in [2.24, 2.45) is 5.41 Å². The topological polar surface area (TPSA) is 61.8 Å². The average molecular weight is 260 g/mol. The van der Waals surface area contributed by atoms with Gasteiger partial charge in [-0.05, 0) is 6.42 Å². The van der Waals surface area contributed by atoms with Gasteiger partial charge in [0.1, 0.15) is 0 Å². The quantitative estimate of drug-likeness (QED) is 0.703. The summed E-state index contributed by atoms with van der Waals surface area (Å²) >= 11 is 0. The van der Waals surface area contributed by atoms with Crippen molar-refractivity contribution in [1.29, 1.82) is 0 Å². The molecule has 1 aliphatic heterocycles. The van der Waals surface area contributed by atoms with E-state index < -0.39 is 20.5 Å². The third-order valence-corrected chi connectivity index (χ3v) is 5.40. The fourth-order valence-corrected chi connectivity index (χ4v) is 4.37. The van der Waals surface area contributed by atoms with E-state index in [2.05, 4.69) is 6.92 Å². The predicted octanol–water partition coefficient (Wildman–Crippen LogP) is 1.61. The van der Waals surface area contributed by atoms with E-state index in [9.17, 15) is 9.59 Å². The third-order valence-electron chi connectivity index (χ3n) is 2.80. The van der Waals surface area contributed by atoms with Gasteiger partial charge in [-0.25, -0.2) is 0 Å². The van der Waals surface area contributed by atoms with Crippen molar-refractivity contribution >= 4 is 20.5 Å². The summed E-state index contributed by atoms with van der Waals surface area (Å²) in [5.74, 6) is -0.786. The van der Waals surface area contributed by atoms with Crippen molar-refractivity contribution in [1.82, 2.24) is 0 Å². The van der Waals surface area contributed by atoms with Crippen LogP contribution in [-0.4, -0.2) is 33.7 Å². The van der Waals surface area contributed by atoms with Crippen molar-refractivity contribution in [3.8, 4) is 0 Å². The largest absolute Gasteiger partial charge is 0.485 e. The van der Waals surface area contributed by atoms with Crippen molar-refractivity contribution < 1.29 is 23.2 Å². The number of ether oxygens (including phenoxy) is 1. The van der Waals surface area contributed by atoms with Crippen LogP contribution in [0.3, 0.4) is 0 Å². The highest BCUT2D eigenvalue weighted by Crippen LogP contribution is 2.34. The zero-order chi connectivity index (χ0) is 13.1. The maximum Gasteiger partial charge on any atom is 0.461 e. The van der Waals surface area contributed by atoms with E-state index in [1.807, 2.05) is 0 Å². The van der Waals surface area contributed by atoms with E-state index in [1.54, 1.807) is 6.55 Å². The molecule has 1 rings (SSSR count). The van der Waals surface area contributed by atoms with Crippen LogP contribution in [0.5, 0.6) is 0 Å². The Hall–Kier alpha value is -0.883. The van der Waals surface area contributed by atoms with Gasteiger partial charge in [0.15, 0.2) is 0 Å². The molecule has 0 radical (unpaired) electrons. The Morgan fingerprint density at radius 2 is 1.71 bits per heavy atom. The van der Waals surface area contributed by atoms with Crippen LogP contribution >= 0.6 is 0 Å². The molecular formula is C11H20O5Si. The van der Waals surface area contributed by atoms with Crippen LogP contribution in [0.25, 0.3) is 0 Å². The standard InChI is InChI=1S/C11H20O5Si/c1-9(12)15-17(4,16-10(2)13)6-5-11(3)7-14-8-11/h5-8H2,1-4H3. The zero-order valence-corrected chi connectivity index (χ0v) is 11.9. The highest BCUT2D eigenvalue weighted by Gasteiger charge is 2.42. The molecule has 6 heteroatoms. The van der Waals surface area contributed by atoms with Crippen molar-refractivity contribution in [3.05, 3.63) is 0 Å². The van der Waals surface area contributed by atoms with E-state index in [4.69, 9.17) is 13.6 Å². The summed E-state index contributed by atoms with van der Waals surface area (Å²) in [5, 5.41) is 0. The molecule has 0 atom stereocenters. The Morgan fingerprint density at radius 3 is 2.00 bits per heavy atom. The Morgan fingerprint density at radius 1 is 1.24 bits per heavy atom. The van der Waals surface area contributed by atoms with Gasteiger partial charge >= 0.3 is 8.56 Å². The Kier molecular flexibility index (Phi) is 4.32. The Balaban J connectivity index is 2.55. The summed E-state index contributed by atoms with van der Waals surface area (Å²) in [6.45, 7) is 7.98. The highest BCUT2D eigenvalue weighted by molar-refractivity contribution is 6.69. The number of carbonyl (C=O) groups is 2. The zero-order valence-electron chi connectivity index (χ0n) is 10.9. The molecular weight excluding hydrogens is 240 g/mol. The average Bonchev–Trinajstić information content (AvgIpc) is 2.09. The smallest absolute Gasteiger partial charge is 0.461 e. The summed E-state index contributed by atoms with van der Waals surface area (Å²) in [6.07, 6.45) is 0.844. The minimum absolute atomic E-state index is 0.133. The number of hydrogen-bond acceptors (Lipinski definition) is 5. The Bertz CT molecular complexity index is 295. The lowest BCUT2D eigenvalue weighted by molar-refractivity contribution is -0.139. The second-order valence-electron chi connectivity index (χ2n) is 5.12. The SMILES string of the molecule is CC(=O)O[Si](C)(CCC1(C)COC1)OC(C)=O. The summed E-state index contributed by atoms with van der Waals surface area (Å²) in [7, 11) is -2.72. The molecule has 17 heavy (non-hydrogen) atoms. The van der Waals surface area contributed by atoms with Gasteiger partial charge in [0, 0.05) is 31.9 Å². The van der Waals surface area contributed by atoms with Crippen LogP contribution in [0.1, 0.15) is 27.2 Å². The van der Waals surface area contributed by atoms with Gasteiger partial charge < -0.3 is 13.6 Å². The molecule has 1 fully saturated rings. The lowest BCUT2D eigenvalue weighted by Gasteiger charge is -2.39. The first-order chi connectivity index (χ1) is 7.75. The van der Waals surface area contributed by atoms with Gasteiger partial charge in [-0.3, -0.25) is 9.59 Å². The second-order valence-corrected chi connectivity index (χ2v) is 8.30. The molecule has 0 spiro atoms. The van der Waals surface area contributed by atoms with Gasteiger partial charge in [-0.15, -0.1) is 0 Å². The molecule has 0 aromatic carbocycles. The molecule has 0 unspecified atom stereocenters. The minimum atomic E-state index is -2.72. The van der Waals surface area contributed by atoms with Gasteiger partial charge in [-0.1, -0.05) is 6.92 Å². The van der Waals surface area contributed by atoms with Crippen LogP contribution in [0.15, 0.2) is 0 Å². The molecule has 5 nitrogen and oxygen atoms in total. The minimum Gasteiger partial charge on any atom is -0.485 e. The maximum atomic E-state index is 11.0. The first kappa shape index (κ1) is 14.2. The van der Waals surface area contributed by atoms with E-state index in [-0.39, 0.29) is 5.41 Å². The molecule has 0 bridgehead atoms. The maximum absolute atomic E-state index is 11.0. The lowest BCUT2D eigenvalue weighted by Crippen LogP contribution is -2.46. The Labute approximate surface area is 103 Å². The normalized spacial score (nSPS) is 18.1. The van der Waals surface area contributed by atoms with Crippen LogP contribution in [0.4, 0.5) is 0 Å². The van der Waals surface area contributed by atoms with E-state index in [0.717, 1.165) is 19.6 Å². The first-order valence-electron chi connectivity index (χ1n) is 5.72. The molecule has 0 aromatic rings. The highest BCUT2D eigenvalue weighted by atomic mass is 28.4. The van der Waals surface area contributed by atoms with Crippen LogP contribution in [0, 0.1) is 5.41 Å². The van der Waals surface area contributed by atoms with Gasteiger partial charge in [0.25, 0.3) is 11.9 Å². The lowest BCUT2D eigenvalue weighted by atomic mass is 9.86. The monoisotopic (exact) mass is 260 g/mol. The molecule has 0 N–H and O–H groups in total. The van der Waals surface area contributed by atoms with Crippen LogP contribution < -0.4 is 0 Å². The molecule has 98 valence electrons. The summed E-state index contributed by atoms with van der Waals surface area (Å²) in [6, 6.07) is 0.617. The fourth-order valence-electron chi connectivity index (χ4n) is 1.85. The van der Waals surface area contributed by atoms with Gasteiger partial charge in [-0.2, -0.15) is 0 Å². The molecule has 1 saturated heterocycles. The fraction of sp³-hybridized carbons (Fsp3) is 0.818. The third kappa shape index (κ3) is 4.47. The van der Waals surface area contributed by atoms with Gasteiger partial charge in [0.2, 0.25) is 0 Å². The van der Waals surface area contributed by atoms with E-state index in [1.165, 1.54) is 13.8 Å². The molecule has 0 aliphatic carbocycles. The van der Waals surface area contributed by atoms with E-state index in [0.29, 0.717) is 6.04 Å². The summed E-state index contributed by atoms with van der Waals surface area (Å²) in [5.41, 5.74) is 0.133. The molecule has 0 saturated carbocycles. The second kappa shape index (κ2) is 5.18. The molecule has 1 aliphatic rings. The molecule has 1 heterocycles. The van der Waals surface area contributed by atoms with Crippen molar-refractivity contribution in [3.63, 3.8) is 0 Å². The summed E-state index contributed by atoms with van der Waals surface area (Å²) < 4.78 is 15.6. The van der Waals surface area contributed by atoms with Gasteiger partial charge in [0.05, 0.1) is 13.2 Å². The van der Waals surface area contributed by atoms with Crippen molar-refractivity contribution in [2.75, 3.05) is 13.2 Å². The van der Waals surface area contributed by atoms with Crippen molar-refractivity contribution in [2.45, 2.75) is 39.8 Å². The summed E-state index contributed by atoms with van der Waals surface area (Å²) in [4.78, 5) is 22.1. The number of hydrogen-bond donors (Lipinski definition) is 0. The van der Waals surface area contributed by atoms with Crippen LogP contribution in [0.2, 0.25) is 12.6 Å². The van der Waals surface area contributed by atoms with E-state index >= 15 is 0 Å².